The fourth-order valence-electron chi connectivity index (χ4n) is 5.28. The second-order valence-electron chi connectivity index (χ2n) is 10.1. The van der Waals surface area contributed by atoms with Gasteiger partial charge in [-0.25, -0.2) is 15.0 Å². The minimum absolute atomic E-state index is 0.0721. The number of rotatable bonds is 9. The van der Waals surface area contributed by atoms with Crippen molar-refractivity contribution in [2.75, 3.05) is 31.3 Å². The van der Waals surface area contributed by atoms with Crippen molar-refractivity contribution in [1.82, 2.24) is 24.3 Å². The van der Waals surface area contributed by atoms with E-state index in [1.807, 2.05) is 39.8 Å². The second kappa shape index (κ2) is 12.7. The number of benzene rings is 1. The molecule has 1 fully saturated rings. The van der Waals surface area contributed by atoms with Gasteiger partial charge < -0.3 is 20.7 Å². The Balaban J connectivity index is 1.44. The first kappa shape index (κ1) is 28.0. The van der Waals surface area contributed by atoms with Crippen LogP contribution in [0.3, 0.4) is 0 Å². The summed E-state index contributed by atoms with van der Waals surface area (Å²) in [4.78, 5) is 41.5. The van der Waals surface area contributed by atoms with E-state index in [1.165, 1.54) is 0 Å². The van der Waals surface area contributed by atoms with Gasteiger partial charge in [0, 0.05) is 49.4 Å². The van der Waals surface area contributed by atoms with Crippen LogP contribution in [0.2, 0.25) is 0 Å². The highest BCUT2D eigenvalue weighted by atomic mass is 16.5. The fourth-order valence-corrected chi connectivity index (χ4v) is 5.28. The van der Waals surface area contributed by atoms with Gasteiger partial charge in [-0.05, 0) is 55.5 Å². The van der Waals surface area contributed by atoms with Crippen molar-refractivity contribution in [3.63, 3.8) is 0 Å². The van der Waals surface area contributed by atoms with E-state index in [2.05, 4.69) is 22.2 Å². The van der Waals surface area contributed by atoms with E-state index in [4.69, 9.17) is 15.5 Å². The molecule has 0 radical (unpaired) electrons. The van der Waals surface area contributed by atoms with E-state index in [1.54, 1.807) is 43.8 Å². The van der Waals surface area contributed by atoms with Crippen molar-refractivity contribution < 1.29 is 14.3 Å². The van der Waals surface area contributed by atoms with Crippen molar-refractivity contribution in [3.8, 4) is 11.3 Å². The Bertz CT molecular complexity index is 1560. The first-order valence-electron chi connectivity index (χ1n) is 14.0. The number of nitrogen functional groups attached to an aromatic ring is 1. The molecule has 3 aromatic heterocycles. The standard InChI is InChI=1S/C31H35N7O3/c1-3-7-21-14-15-33-25(20-21)35-31(40)23-12-10-22(11-13-23)27-28-29(32)34-16-18-38(28)30(36-27)24-8-4-5-17-37(24)26(39)9-6-19-41-2/h6,9-16,18,20,24H,3-5,7-8,17,19H2,1-2H3,(H2,32,34)(H,33,35,40)/b9-6+. The average molecular weight is 554 g/mol. The number of piperidine rings is 1. The molecule has 1 atom stereocenters. The average Bonchev–Trinajstić information content (AvgIpc) is 3.38. The Morgan fingerprint density at radius 1 is 1.15 bits per heavy atom. The van der Waals surface area contributed by atoms with Gasteiger partial charge in [-0.15, -0.1) is 0 Å². The molecule has 4 aromatic rings. The van der Waals surface area contributed by atoms with Crippen LogP contribution in [-0.4, -0.2) is 56.3 Å². The van der Waals surface area contributed by atoms with Crippen molar-refractivity contribution in [2.45, 2.75) is 45.1 Å². The van der Waals surface area contributed by atoms with Crippen LogP contribution in [0.1, 0.15) is 60.4 Å². The van der Waals surface area contributed by atoms with Gasteiger partial charge in [0.05, 0.1) is 12.6 Å². The van der Waals surface area contributed by atoms with Gasteiger partial charge in [-0.3, -0.25) is 14.0 Å². The predicted octanol–water partition coefficient (Wildman–Crippen LogP) is 4.83. The number of imidazole rings is 1. The van der Waals surface area contributed by atoms with E-state index < -0.39 is 0 Å². The smallest absolute Gasteiger partial charge is 0.256 e. The van der Waals surface area contributed by atoms with Gasteiger partial charge in [0.25, 0.3) is 5.91 Å². The number of hydrogen-bond acceptors (Lipinski definition) is 7. The number of aryl methyl sites for hydroxylation is 1. The van der Waals surface area contributed by atoms with Crippen LogP contribution in [0.15, 0.2) is 67.1 Å². The molecule has 10 nitrogen and oxygen atoms in total. The summed E-state index contributed by atoms with van der Waals surface area (Å²) in [5, 5.41) is 2.89. The van der Waals surface area contributed by atoms with Crippen LogP contribution in [0.4, 0.5) is 11.6 Å². The number of anilines is 2. The van der Waals surface area contributed by atoms with E-state index >= 15 is 0 Å². The molecule has 0 spiro atoms. The molecule has 5 rings (SSSR count). The topological polar surface area (TPSA) is 128 Å². The van der Waals surface area contributed by atoms with Crippen molar-refractivity contribution in [3.05, 3.63) is 84.1 Å². The van der Waals surface area contributed by atoms with E-state index in [0.29, 0.717) is 41.6 Å². The molecule has 41 heavy (non-hydrogen) atoms. The van der Waals surface area contributed by atoms with Crippen LogP contribution in [0, 0.1) is 0 Å². The van der Waals surface area contributed by atoms with Gasteiger partial charge in [0.1, 0.15) is 28.7 Å². The molecule has 10 heteroatoms. The Kier molecular flexibility index (Phi) is 8.69. The van der Waals surface area contributed by atoms with Crippen LogP contribution in [0.25, 0.3) is 16.8 Å². The predicted molar refractivity (Wildman–Crippen MR) is 158 cm³/mol. The summed E-state index contributed by atoms with van der Waals surface area (Å²) in [7, 11) is 1.59. The summed E-state index contributed by atoms with van der Waals surface area (Å²) >= 11 is 0. The lowest BCUT2D eigenvalue weighted by molar-refractivity contribution is -0.130. The quantitative estimate of drug-likeness (QED) is 0.284. The van der Waals surface area contributed by atoms with Gasteiger partial charge in [0.15, 0.2) is 0 Å². The lowest BCUT2D eigenvalue weighted by atomic mass is 10.0. The Morgan fingerprint density at radius 3 is 2.76 bits per heavy atom. The number of pyridine rings is 1. The van der Waals surface area contributed by atoms with Gasteiger partial charge in [-0.1, -0.05) is 31.6 Å². The summed E-state index contributed by atoms with van der Waals surface area (Å²) in [5.74, 6) is 1.29. The first-order chi connectivity index (χ1) is 20.0. The number of nitrogens with one attached hydrogen (secondary N) is 1. The minimum atomic E-state index is -0.243. The lowest BCUT2D eigenvalue weighted by Crippen LogP contribution is -2.38. The van der Waals surface area contributed by atoms with Crippen LogP contribution >= 0.6 is 0 Å². The number of nitrogens with zero attached hydrogens (tertiary/aromatic N) is 5. The molecule has 1 aliphatic rings. The normalized spacial score (nSPS) is 15.5. The zero-order chi connectivity index (χ0) is 28.8. The maximum Gasteiger partial charge on any atom is 0.256 e. The molecule has 1 aromatic carbocycles. The molecular formula is C31H35N7O3. The van der Waals surface area contributed by atoms with Crippen LogP contribution in [0.5, 0.6) is 0 Å². The maximum atomic E-state index is 13.1. The summed E-state index contributed by atoms with van der Waals surface area (Å²) in [5.41, 5.74) is 10.1. The molecule has 212 valence electrons. The monoisotopic (exact) mass is 553 g/mol. The van der Waals surface area contributed by atoms with Crippen molar-refractivity contribution in [2.24, 2.45) is 0 Å². The fraction of sp³-hybridized carbons (Fsp3) is 0.323. The highest BCUT2D eigenvalue weighted by molar-refractivity contribution is 6.04. The lowest BCUT2D eigenvalue weighted by Gasteiger charge is -2.34. The minimum Gasteiger partial charge on any atom is -0.382 e. The van der Waals surface area contributed by atoms with E-state index in [9.17, 15) is 9.59 Å². The first-order valence-corrected chi connectivity index (χ1v) is 14.0. The summed E-state index contributed by atoms with van der Waals surface area (Å²) in [6.07, 6.45) is 13.1. The Morgan fingerprint density at radius 2 is 1.98 bits per heavy atom. The summed E-state index contributed by atoms with van der Waals surface area (Å²) in [6, 6.07) is 10.9. The van der Waals surface area contributed by atoms with Crippen molar-refractivity contribution >= 4 is 29.0 Å². The van der Waals surface area contributed by atoms with E-state index in [0.717, 1.165) is 49.1 Å². The molecular weight excluding hydrogens is 518 g/mol. The molecule has 0 aliphatic carbocycles. The highest BCUT2D eigenvalue weighted by Gasteiger charge is 2.31. The highest BCUT2D eigenvalue weighted by Crippen LogP contribution is 2.36. The molecule has 2 amide bonds. The van der Waals surface area contributed by atoms with Gasteiger partial charge in [0.2, 0.25) is 5.91 Å². The Labute approximate surface area is 239 Å². The molecule has 1 unspecified atom stereocenters. The molecule has 1 saturated heterocycles. The summed E-state index contributed by atoms with van der Waals surface area (Å²) in [6.45, 7) is 3.13. The van der Waals surface area contributed by atoms with Crippen molar-refractivity contribution in [1.29, 1.82) is 0 Å². The maximum absolute atomic E-state index is 13.1. The van der Waals surface area contributed by atoms with Crippen LogP contribution in [-0.2, 0) is 16.0 Å². The SMILES string of the molecule is CCCc1ccnc(NC(=O)c2ccc(-c3nc(C4CCCCN4C(=O)/C=C/COC)n4ccnc(N)c34)cc2)c1. The second-order valence-corrected chi connectivity index (χ2v) is 10.1. The number of carbonyl (C=O) groups excluding carboxylic acids is 2. The van der Waals surface area contributed by atoms with Gasteiger partial charge >= 0.3 is 0 Å². The third-order valence-corrected chi connectivity index (χ3v) is 7.24. The molecule has 1 aliphatic heterocycles. The third-order valence-electron chi connectivity index (χ3n) is 7.24. The number of fused-ring (bicyclic) bond motifs is 1. The largest absolute Gasteiger partial charge is 0.382 e. The Hall–Kier alpha value is -4.57. The number of nitrogens with two attached hydrogens (primary N) is 1. The number of aromatic nitrogens is 4. The van der Waals surface area contributed by atoms with E-state index in [-0.39, 0.29) is 17.9 Å². The summed E-state index contributed by atoms with van der Waals surface area (Å²) < 4.78 is 6.99. The number of likely N-dealkylation sites (tertiary alicyclic amines) is 1. The number of carbonyl (C=O) groups is 2. The number of amides is 2. The number of methoxy groups -OCH3 is 1. The third kappa shape index (κ3) is 6.12. The van der Waals surface area contributed by atoms with Crippen LogP contribution < -0.4 is 11.1 Å². The zero-order valence-electron chi connectivity index (χ0n) is 23.4. The molecule has 4 heterocycles. The number of ether oxygens (including phenoxy) is 1. The molecule has 0 saturated carbocycles. The van der Waals surface area contributed by atoms with Gasteiger partial charge in [-0.2, -0.15) is 0 Å². The zero-order valence-corrected chi connectivity index (χ0v) is 23.4. The molecule has 0 bridgehead atoms. The number of hydrogen-bond donors (Lipinski definition) is 2. The molecule has 3 N–H and O–H groups in total.